The van der Waals surface area contributed by atoms with Crippen LogP contribution in [0.15, 0.2) is 40.9 Å². The maximum Gasteiger partial charge on any atom is 0.165 e. The average Bonchev–Trinajstić information content (AvgIpc) is 2.33. The van der Waals surface area contributed by atoms with Crippen LogP contribution >= 0.6 is 27.5 Å². The van der Waals surface area contributed by atoms with Crippen LogP contribution in [0.1, 0.15) is 5.56 Å². The summed E-state index contributed by atoms with van der Waals surface area (Å²) in [4.78, 5) is 0. The molecule has 0 atom stereocenters. The first-order valence-corrected chi connectivity index (χ1v) is 6.35. The number of nitrogens with two attached hydrogens (primary N) is 1. The zero-order valence-electron chi connectivity index (χ0n) is 9.29. The Balaban J connectivity index is 2.19. The van der Waals surface area contributed by atoms with Gasteiger partial charge in [-0.15, -0.1) is 0 Å². The summed E-state index contributed by atoms with van der Waals surface area (Å²) in [5, 5.41) is 0.505. The number of nitrogen functional groups attached to an aromatic ring is 1. The van der Waals surface area contributed by atoms with Crippen LogP contribution in [-0.4, -0.2) is 0 Å². The summed E-state index contributed by atoms with van der Waals surface area (Å²) in [7, 11) is 0. The van der Waals surface area contributed by atoms with Crippen molar-refractivity contribution in [2.24, 2.45) is 0 Å². The van der Waals surface area contributed by atoms with Crippen LogP contribution in [0.2, 0.25) is 5.02 Å². The molecule has 0 bridgehead atoms. The van der Waals surface area contributed by atoms with Crippen molar-refractivity contribution in [2.45, 2.75) is 6.61 Å². The second-order valence-electron chi connectivity index (χ2n) is 3.67. The van der Waals surface area contributed by atoms with Crippen LogP contribution in [0.25, 0.3) is 0 Å². The lowest BCUT2D eigenvalue weighted by molar-refractivity contribution is 0.291. The highest BCUT2D eigenvalue weighted by atomic mass is 79.9. The highest BCUT2D eigenvalue weighted by Gasteiger charge is 2.08. The summed E-state index contributed by atoms with van der Waals surface area (Å²) in [6.07, 6.45) is 0. The molecule has 2 nitrogen and oxygen atoms in total. The van der Waals surface area contributed by atoms with Gasteiger partial charge in [0.2, 0.25) is 0 Å². The summed E-state index contributed by atoms with van der Waals surface area (Å²) in [5.74, 6) is -0.271. The van der Waals surface area contributed by atoms with Crippen molar-refractivity contribution in [3.8, 4) is 5.75 Å². The number of benzene rings is 2. The van der Waals surface area contributed by atoms with Gasteiger partial charge in [0.1, 0.15) is 6.61 Å². The molecule has 0 saturated heterocycles. The monoisotopic (exact) mass is 329 g/mol. The molecule has 0 heterocycles. The fourth-order valence-corrected chi connectivity index (χ4v) is 2.04. The van der Waals surface area contributed by atoms with E-state index in [1.54, 1.807) is 30.3 Å². The molecule has 0 aliphatic heterocycles. The topological polar surface area (TPSA) is 35.2 Å². The maximum atomic E-state index is 13.5. The third-order valence-electron chi connectivity index (χ3n) is 2.42. The van der Waals surface area contributed by atoms with E-state index < -0.39 is 5.82 Å². The first-order chi connectivity index (χ1) is 8.58. The molecular weight excluding hydrogens is 321 g/mol. The zero-order chi connectivity index (χ0) is 13.1. The summed E-state index contributed by atoms with van der Waals surface area (Å²) < 4.78 is 19.6. The van der Waals surface area contributed by atoms with Gasteiger partial charge < -0.3 is 10.5 Å². The lowest BCUT2D eigenvalue weighted by Gasteiger charge is -2.11. The molecule has 2 N–H and O–H groups in total. The second kappa shape index (κ2) is 5.59. The lowest BCUT2D eigenvalue weighted by atomic mass is 10.2. The van der Waals surface area contributed by atoms with Gasteiger partial charge in [0.05, 0.1) is 0 Å². The Morgan fingerprint density at radius 1 is 1.28 bits per heavy atom. The van der Waals surface area contributed by atoms with E-state index in [0.717, 1.165) is 4.47 Å². The van der Waals surface area contributed by atoms with Crippen LogP contribution in [0.4, 0.5) is 10.1 Å². The van der Waals surface area contributed by atoms with Gasteiger partial charge in [0.15, 0.2) is 11.6 Å². The third kappa shape index (κ3) is 2.94. The van der Waals surface area contributed by atoms with Gasteiger partial charge in [0.25, 0.3) is 0 Å². The Kier molecular flexibility index (Phi) is 4.09. The van der Waals surface area contributed by atoms with Crippen molar-refractivity contribution in [3.05, 3.63) is 57.3 Å². The molecule has 0 aliphatic carbocycles. The fourth-order valence-electron chi connectivity index (χ4n) is 1.47. The number of anilines is 1. The standard InChI is InChI=1S/C13H10BrClFNO/c14-8-4-5-11(16)13(6-8)18-7-9-10(15)2-1-3-12(9)17/h1-6H,7,17H2. The van der Waals surface area contributed by atoms with Crippen LogP contribution in [0.5, 0.6) is 5.75 Å². The Morgan fingerprint density at radius 2 is 2.06 bits per heavy atom. The number of ether oxygens (including phenoxy) is 1. The minimum atomic E-state index is -0.427. The molecule has 0 aromatic heterocycles. The van der Waals surface area contributed by atoms with Crippen molar-refractivity contribution in [2.75, 3.05) is 5.73 Å². The van der Waals surface area contributed by atoms with E-state index in [4.69, 9.17) is 22.1 Å². The molecule has 0 unspecified atom stereocenters. The van der Waals surface area contributed by atoms with Crippen molar-refractivity contribution >= 4 is 33.2 Å². The van der Waals surface area contributed by atoms with Gasteiger partial charge in [0, 0.05) is 20.7 Å². The maximum absolute atomic E-state index is 13.5. The van der Waals surface area contributed by atoms with Gasteiger partial charge in [-0.05, 0) is 30.3 Å². The van der Waals surface area contributed by atoms with Crippen molar-refractivity contribution < 1.29 is 9.13 Å². The van der Waals surface area contributed by atoms with Crippen LogP contribution in [-0.2, 0) is 6.61 Å². The number of halogens is 3. The SMILES string of the molecule is Nc1cccc(Cl)c1COc1cc(Br)ccc1F. The molecule has 5 heteroatoms. The largest absolute Gasteiger partial charge is 0.486 e. The Morgan fingerprint density at radius 3 is 2.78 bits per heavy atom. The minimum absolute atomic E-state index is 0.124. The average molecular weight is 331 g/mol. The van der Waals surface area contributed by atoms with E-state index >= 15 is 0 Å². The Labute approximate surface area is 118 Å². The van der Waals surface area contributed by atoms with Crippen molar-refractivity contribution in [3.63, 3.8) is 0 Å². The van der Waals surface area contributed by atoms with Gasteiger partial charge in [-0.3, -0.25) is 0 Å². The van der Waals surface area contributed by atoms with Crippen LogP contribution < -0.4 is 10.5 Å². The molecule has 0 amide bonds. The van der Waals surface area contributed by atoms with Gasteiger partial charge >= 0.3 is 0 Å². The third-order valence-corrected chi connectivity index (χ3v) is 3.27. The molecule has 0 spiro atoms. The van der Waals surface area contributed by atoms with E-state index in [2.05, 4.69) is 15.9 Å². The van der Waals surface area contributed by atoms with E-state index in [1.807, 2.05) is 0 Å². The van der Waals surface area contributed by atoms with Gasteiger partial charge in [-0.2, -0.15) is 0 Å². The highest BCUT2D eigenvalue weighted by Crippen LogP contribution is 2.26. The summed E-state index contributed by atoms with van der Waals surface area (Å²) >= 11 is 9.26. The van der Waals surface area contributed by atoms with E-state index in [1.165, 1.54) is 6.07 Å². The number of hydrogen-bond donors (Lipinski definition) is 1. The van der Waals surface area contributed by atoms with E-state index in [-0.39, 0.29) is 12.4 Å². The minimum Gasteiger partial charge on any atom is -0.486 e. The molecule has 0 radical (unpaired) electrons. The molecule has 2 rings (SSSR count). The Bertz CT molecular complexity index is 557. The molecule has 0 saturated carbocycles. The Hall–Kier alpha value is -1.26. The second-order valence-corrected chi connectivity index (χ2v) is 4.99. The van der Waals surface area contributed by atoms with Crippen molar-refractivity contribution in [1.29, 1.82) is 0 Å². The summed E-state index contributed by atoms with van der Waals surface area (Å²) in [6.45, 7) is 0.124. The smallest absolute Gasteiger partial charge is 0.165 e. The van der Waals surface area contributed by atoms with E-state index in [9.17, 15) is 4.39 Å². The zero-order valence-corrected chi connectivity index (χ0v) is 11.6. The predicted octanol–water partition coefficient (Wildman–Crippen LogP) is 4.40. The van der Waals surface area contributed by atoms with E-state index in [0.29, 0.717) is 16.3 Å². The molecule has 0 fully saturated rings. The first kappa shape index (κ1) is 13.2. The van der Waals surface area contributed by atoms with Crippen LogP contribution in [0.3, 0.4) is 0 Å². The molecule has 94 valence electrons. The summed E-state index contributed by atoms with van der Waals surface area (Å²) in [5.41, 5.74) is 6.96. The van der Waals surface area contributed by atoms with Gasteiger partial charge in [-0.1, -0.05) is 33.6 Å². The fraction of sp³-hybridized carbons (Fsp3) is 0.0769. The normalized spacial score (nSPS) is 10.4. The molecule has 2 aromatic carbocycles. The molecule has 18 heavy (non-hydrogen) atoms. The highest BCUT2D eigenvalue weighted by molar-refractivity contribution is 9.10. The van der Waals surface area contributed by atoms with Crippen molar-refractivity contribution in [1.82, 2.24) is 0 Å². The predicted molar refractivity (Wildman–Crippen MR) is 74.3 cm³/mol. The quantitative estimate of drug-likeness (QED) is 0.846. The molecule has 0 aliphatic rings. The number of hydrogen-bond acceptors (Lipinski definition) is 2. The van der Waals surface area contributed by atoms with Gasteiger partial charge in [-0.25, -0.2) is 4.39 Å². The summed E-state index contributed by atoms with van der Waals surface area (Å²) in [6, 6.07) is 9.68. The van der Waals surface area contributed by atoms with Crippen LogP contribution in [0, 0.1) is 5.82 Å². The molecule has 2 aromatic rings. The first-order valence-electron chi connectivity index (χ1n) is 5.18. The lowest BCUT2D eigenvalue weighted by Crippen LogP contribution is -2.02. The molecular formula is C13H10BrClFNO. The number of rotatable bonds is 3.